The lowest BCUT2D eigenvalue weighted by Crippen LogP contribution is -2.32. The molecule has 3 aromatic rings. The Morgan fingerprint density at radius 3 is 2.30 bits per heavy atom. The van der Waals surface area contributed by atoms with Crippen molar-refractivity contribution in [1.29, 1.82) is 0 Å². The van der Waals surface area contributed by atoms with Crippen LogP contribution in [0.5, 0.6) is 11.5 Å². The Morgan fingerprint density at radius 2 is 1.70 bits per heavy atom. The van der Waals surface area contributed by atoms with E-state index in [2.05, 4.69) is 6.58 Å². The third kappa shape index (κ3) is 6.09. The number of methoxy groups -OCH3 is 1. The van der Waals surface area contributed by atoms with Gasteiger partial charge in [-0.2, -0.15) is 0 Å². The van der Waals surface area contributed by atoms with Crippen molar-refractivity contribution in [3.05, 3.63) is 105 Å². The lowest BCUT2D eigenvalue weighted by molar-refractivity contribution is -0.139. The predicted molar refractivity (Wildman–Crippen MR) is 141 cm³/mol. The van der Waals surface area contributed by atoms with Gasteiger partial charge in [0, 0.05) is 33.5 Å². The van der Waals surface area contributed by atoms with Gasteiger partial charge >= 0.3 is 5.97 Å². The molecule has 0 saturated carbocycles. The fourth-order valence-electron chi connectivity index (χ4n) is 4.84. The minimum Gasteiger partial charge on any atom is -0.493 e. The van der Waals surface area contributed by atoms with Gasteiger partial charge in [-0.1, -0.05) is 59.6 Å². The van der Waals surface area contributed by atoms with Gasteiger partial charge in [0.15, 0.2) is 18.1 Å². The summed E-state index contributed by atoms with van der Waals surface area (Å²) in [5.74, 6) is -1.20. The Morgan fingerprint density at radius 1 is 1.05 bits per heavy atom. The summed E-state index contributed by atoms with van der Waals surface area (Å²) in [6.45, 7) is 5.59. The van der Waals surface area contributed by atoms with Gasteiger partial charge in [0.05, 0.1) is 19.3 Å². The number of carbonyl (C=O) groups is 1. The van der Waals surface area contributed by atoms with E-state index in [-0.39, 0.29) is 23.4 Å². The van der Waals surface area contributed by atoms with Crippen LogP contribution in [-0.4, -0.2) is 24.8 Å². The van der Waals surface area contributed by atoms with Crippen molar-refractivity contribution in [3.63, 3.8) is 0 Å². The molecule has 194 valence electrons. The number of halogens is 3. The fraction of sp³-hybridized carbons (Fsp3) is 0.276. The zero-order valence-electron chi connectivity index (χ0n) is 20.4. The first-order valence-corrected chi connectivity index (χ1v) is 12.5. The van der Waals surface area contributed by atoms with E-state index < -0.39 is 24.8 Å². The second-order valence-electron chi connectivity index (χ2n) is 9.08. The number of benzene rings is 3. The fourth-order valence-corrected chi connectivity index (χ4v) is 5.19. The van der Waals surface area contributed by atoms with Crippen molar-refractivity contribution in [3.8, 4) is 11.5 Å². The highest BCUT2D eigenvalue weighted by Gasteiger charge is 2.42. The van der Waals surface area contributed by atoms with Gasteiger partial charge in [-0.05, 0) is 54.8 Å². The number of aliphatic carboxylic acids is 1. The van der Waals surface area contributed by atoms with Crippen molar-refractivity contribution in [2.75, 3.05) is 13.7 Å². The molecular weight excluding hydrogens is 518 g/mol. The van der Waals surface area contributed by atoms with Crippen LogP contribution in [0.25, 0.3) is 0 Å². The Labute approximate surface area is 225 Å². The third-order valence-corrected chi connectivity index (χ3v) is 7.05. The van der Waals surface area contributed by atoms with E-state index in [1.54, 1.807) is 24.3 Å². The minimum absolute atomic E-state index is 0.0925. The summed E-state index contributed by atoms with van der Waals surface area (Å²) in [6, 6.07) is 17.1. The van der Waals surface area contributed by atoms with Gasteiger partial charge in [-0.15, -0.1) is 0 Å². The summed E-state index contributed by atoms with van der Waals surface area (Å²) in [6.07, 6.45) is -0.399. The van der Waals surface area contributed by atoms with Crippen LogP contribution in [-0.2, 0) is 9.53 Å². The maximum atomic E-state index is 13.8. The molecule has 0 amide bonds. The van der Waals surface area contributed by atoms with Crippen LogP contribution in [0.1, 0.15) is 48.2 Å². The smallest absolute Gasteiger partial charge is 0.341 e. The zero-order valence-corrected chi connectivity index (χ0v) is 21.9. The van der Waals surface area contributed by atoms with Crippen LogP contribution in [0, 0.1) is 11.7 Å². The van der Waals surface area contributed by atoms with Gasteiger partial charge in [-0.3, -0.25) is 0 Å². The van der Waals surface area contributed by atoms with Crippen molar-refractivity contribution in [1.82, 2.24) is 0 Å². The Hall–Kier alpha value is -3.06. The van der Waals surface area contributed by atoms with Gasteiger partial charge in [0.25, 0.3) is 0 Å². The molecule has 1 heterocycles. The molecule has 0 aliphatic carbocycles. The predicted octanol–water partition coefficient (Wildman–Crippen LogP) is 7.78. The summed E-state index contributed by atoms with van der Waals surface area (Å²) in [4.78, 5) is 11.3. The van der Waals surface area contributed by atoms with Crippen molar-refractivity contribution < 1.29 is 28.5 Å². The highest BCUT2D eigenvalue weighted by molar-refractivity contribution is 6.31. The highest BCUT2D eigenvalue weighted by Crippen LogP contribution is 2.54. The van der Waals surface area contributed by atoms with E-state index in [1.165, 1.54) is 19.2 Å². The molecule has 0 bridgehead atoms. The molecule has 1 aliphatic rings. The first-order chi connectivity index (χ1) is 17.7. The maximum Gasteiger partial charge on any atom is 0.341 e. The molecule has 0 unspecified atom stereocenters. The molecule has 1 saturated heterocycles. The molecule has 0 spiro atoms. The molecule has 37 heavy (non-hydrogen) atoms. The van der Waals surface area contributed by atoms with E-state index >= 15 is 0 Å². The molecule has 1 fully saturated rings. The Bertz CT molecular complexity index is 1280. The normalized spacial score (nSPS) is 21.3. The molecule has 4 atom stereocenters. The monoisotopic (exact) mass is 544 g/mol. The van der Waals surface area contributed by atoms with E-state index in [0.29, 0.717) is 27.8 Å². The van der Waals surface area contributed by atoms with Crippen molar-refractivity contribution >= 4 is 29.2 Å². The van der Waals surface area contributed by atoms with Crippen LogP contribution < -0.4 is 9.47 Å². The zero-order chi connectivity index (χ0) is 26.7. The molecule has 8 heteroatoms. The summed E-state index contributed by atoms with van der Waals surface area (Å²) in [5.41, 5.74) is 3.26. The van der Waals surface area contributed by atoms with Gasteiger partial charge < -0.3 is 19.3 Å². The Balaban J connectivity index is 1.85. The first-order valence-electron chi connectivity index (χ1n) is 11.7. The molecule has 4 rings (SSSR count). The van der Waals surface area contributed by atoms with Crippen LogP contribution in [0.15, 0.2) is 72.8 Å². The summed E-state index contributed by atoms with van der Waals surface area (Å²) < 4.78 is 31.8. The SMILES string of the molecule is C=C(C)[C@H]1C[C@H](c2ccc(Cl)cc2)[C@H](c2ccc(F)cc2)O[C@@H]1c1cc(Cl)cc(OC)c1OCC(=O)O. The van der Waals surface area contributed by atoms with Crippen LogP contribution in [0.2, 0.25) is 10.0 Å². The molecule has 3 aromatic carbocycles. The molecule has 5 nitrogen and oxygen atoms in total. The van der Waals surface area contributed by atoms with E-state index in [9.17, 15) is 14.3 Å². The van der Waals surface area contributed by atoms with E-state index in [1.807, 2.05) is 31.2 Å². The number of rotatable bonds is 8. The van der Waals surface area contributed by atoms with Gasteiger partial charge in [-0.25, -0.2) is 9.18 Å². The number of ether oxygens (including phenoxy) is 3. The average molecular weight is 545 g/mol. The third-order valence-electron chi connectivity index (χ3n) is 6.58. The molecule has 1 aliphatic heterocycles. The van der Waals surface area contributed by atoms with Crippen molar-refractivity contribution in [2.45, 2.75) is 31.5 Å². The number of hydrogen-bond donors (Lipinski definition) is 1. The summed E-state index contributed by atoms with van der Waals surface area (Å²) in [5, 5.41) is 10.3. The molecular formula is C29H27Cl2FO5. The number of carboxylic acid groups (broad SMARTS) is 1. The van der Waals surface area contributed by atoms with Gasteiger partial charge in [0.2, 0.25) is 0 Å². The van der Waals surface area contributed by atoms with E-state index in [4.69, 9.17) is 37.4 Å². The molecule has 0 aromatic heterocycles. The highest BCUT2D eigenvalue weighted by atomic mass is 35.5. The van der Waals surface area contributed by atoms with Crippen LogP contribution in [0.4, 0.5) is 4.39 Å². The minimum atomic E-state index is -1.13. The second kappa shape index (κ2) is 11.5. The van der Waals surface area contributed by atoms with Gasteiger partial charge in [0.1, 0.15) is 5.82 Å². The van der Waals surface area contributed by atoms with Crippen molar-refractivity contribution in [2.24, 2.45) is 5.92 Å². The first kappa shape index (κ1) is 27.0. The molecule has 0 radical (unpaired) electrons. The number of carboxylic acids is 1. The second-order valence-corrected chi connectivity index (χ2v) is 9.96. The van der Waals surface area contributed by atoms with E-state index in [0.717, 1.165) is 16.7 Å². The standard InChI is InChI=1S/C29H27Cl2FO5/c1-16(2)22-14-23(17-4-8-19(30)9-5-17)27(18-6-10-21(32)11-7-18)37-28(22)24-12-20(31)13-25(35-3)29(24)36-15-26(33)34/h4-13,22-23,27-28H,1,14-15H2,2-3H3,(H,33,34)/t22-,23-,27+,28+/m1/s1. The van der Waals surface area contributed by atoms with Crippen LogP contribution in [0.3, 0.4) is 0 Å². The summed E-state index contributed by atoms with van der Waals surface area (Å²) >= 11 is 12.6. The topological polar surface area (TPSA) is 65.0 Å². The molecule has 1 N–H and O–H groups in total. The largest absolute Gasteiger partial charge is 0.493 e. The quantitative estimate of drug-likeness (QED) is 0.293. The maximum absolute atomic E-state index is 13.8. The average Bonchev–Trinajstić information content (AvgIpc) is 2.87. The summed E-state index contributed by atoms with van der Waals surface area (Å²) in [7, 11) is 1.46. The Kier molecular flexibility index (Phi) is 8.42. The lowest BCUT2D eigenvalue weighted by atomic mass is 9.74. The van der Waals surface area contributed by atoms with Crippen LogP contribution >= 0.6 is 23.2 Å². The lowest BCUT2D eigenvalue weighted by Gasteiger charge is -2.43. The number of hydrogen-bond acceptors (Lipinski definition) is 4.